The summed E-state index contributed by atoms with van der Waals surface area (Å²) in [5, 5.41) is 5.00. The summed E-state index contributed by atoms with van der Waals surface area (Å²) in [6.07, 6.45) is 1.98. The third-order valence-corrected chi connectivity index (χ3v) is 5.05. The highest BCUT2D eigenvalue weighted by Gasteiger charge is 2.34. The van der Waals surface area contributed by atoms with Crippen molar-refractivity contribution in [2.75, 3.05) is 6.54 Å². The standard InChI is InChI=1S/C17H19N3O2S/c1-12(15-6-4-8-23-15)19-17(22)13-9-16(21)20(10-13)11-14-5-2-3-7-18-14/h2-8,12-13H,9-11H2,1H3,(H,19,22)/t12-,13+/m1/s1. The molecule has 1 N–H and O–H groups in total. The zero-order chi connectivity index (χ0) is 16.2. The first-order valence-electron chi connectivity index (χ1n) is 7.65. The van der Waals surface area contributed by atoms with E-state index < -0.39 is 0 Å². The second-order valence-electron chi connectivity index (χ2n) is 5.74. The molecule has 1 saturated heterocycles. The molecule has 5 nitrogen and oxygen atoms in total. The smallest absolute Gasteiger partial charge is 0.225 e. The molecule has 23 heavy (non-hydrogen) atoms. The molecule has 1 aliphatic heterocycles. The lowest BCUT2D eigenvalue weighted by Gasteiger charge is -2.17. The number of amides is 2. The Hall–Kier alpha value is -2.21. The van der Waals surface area contributed by atoms with Crippen LogP contribution >= 0.6 is 11.3 Å². The van der Waals surface area contributed by atoms with Gasteiger partial charge in [0.15, 0.2) is 0 Å². The van der Waals surface area contributed by atoms with Crippen LogP contribution in [0, 0.1) is 5.92 Å². The van der Waals surface area contributed by atoms with Crippen LogP contribution in [-0.4, -0.2) is 28.2 Å². The maximum Gasteiger partial charge on any atom is 0.225 e. The Morgan fingerprint density at radius 1 is 1.43 bits per heavy atom. The fraction of sp³-hybridized carbons (Fsp3) is 0.353. The molecule has 0 radical (unpaired) electrons. The van der Waals surface area contributed by atoms with Crippen molar-refractivity contribution in [3.63, 3.8) is 0 Å². The van der Waals surface area contributed by atoms with Crippen molar-refractivity contribution < 1.29 is 9.59 Å². The molecule has 2 aromatic rings. The third kappa shape index (κ3) is 3.76. The van der Waals surface area contributed by atoms with Crippen LogP contribution in [0.5, 0.6) is 0 Å². The van der Waals surface area contributed by atoms with E-state index in [4.69, 9.17) is 0 Å². The number of aromatic nitrogens is 1. The van der Waals surface area contributed by atoms with Crippen LogP contribution in [0.2, 0.25) is 0 Å². The Morgan fingerprint density at radius 2 is 2.30 bits per heavy atom. The summed E-state index contributed by atoms with van der Waals surface area (Å²) >= 11 is 1.62. The number of hydrogen-bond donors (Lipinski definition) is 1. The summed E-state index contributed by atoms with van der Waals surface area (Å²) in [6.45, 7) is 2.88. The van der Waals surface area contributed by atoms with Gasteiger partial charge in [0, 0.05) is 24.0 Å². The van der Waals surface area contributed by atoms with Crippen molar-refractivity contribution in [1.82, 2.24) is 15.2 Å². The minimum atomic E-state index is -0.284. The van der Waals surface area contributed by atoms with Crippen LogP contribution < -0.4 is 5.32 Å². The van der Waals surface area contributed by atoms with Gasteiger partial charge < -0.3 is 10.2 Å². The van der Waals surface area contributed by atoms with Crippen LogP contribution in [-0.2, 0) is 16.1 Å². The molecule has 2 amide bonds. The molecular formula is C17H19N3O2S. The van der Waals surface area contributed by atoms with E-state index in [-0.39, 0.29) is 30.2 Å². The van der Waals surface area contributed by atoms with Crippen LogP contribution in [0.15, 0.2) is 41.9 Å². The largest absolute Gasteiger partial charge is 0.348 e. The summed E-state index contributed by atoms with van der Waals surface area (Å²) < 4.78 is 0. The number of carbonyl (C=O) groups is 2. The number of nitrogens with one attached hydrogen (secondary N) is 1. The van der Waals surface area contributed by atoms with Crippen LogP contribution in [0.25, 0.3) is 0 Å². The molecule has 3 rings (SSSR count). The predicted octanol–water partition coefficient (Wildman–Crippen LogP) is 2.37. The average Bonchev–Trinajstić information content (AvgIpc) is 3.19. The van der Waals surface area contributed by atoms with Gasteiger partial charge in [0.25, 0.3) is 0 Å². The third-order valence-electron chi connectivity index (χ3n) is 3.99. The Labute approximate surface area is 139 Å². The number of pyridine rings is 1. The molecule has 1 fully saturated rings. The van der Waals surface area contributed by atoms with Crippen molar-refractivity contribution in [2.45, 2.75) is 25.9 Å². The van der Waals surface area contributed by atoms with Gasteiger partial charge in [0.2, 0.25) is 11.8 Å². The fourth-order valence-electron chi connectivity index (χ4n) is 2.73. The Balaban J connectivity index is 1.57. The number of nitrogens with zero attached hydrogens (tertiary/aromatic N) is 2. The van der Waals surface area contributed by atoms with Gasteiger partial charge in [-0.05, 0) is 30.5 Å². The van der Waals surface area contributed by atoms with Gasteiger partial charge in [-0.2, -0.15) is 0 Å². The normalized spacial score (nSPS) is 18.9. The summed E-state index contributed by atoms with van der Waals surface area (Å²) in [4.78, 5) is 31.6. The molecule has 0 aliphatic carbocycles. The van der Waals surface area contributed by atoms with E-state index in [0.29, 0.717) is 13.1 Å². The molecule has 0 unspecified atom stereocenters. The second-order valence-corrected chi connectivity index (χ2v) is 6.72. The summed E-state index contributed by atoms with van der Waals surface area (Å²) in [5.41, 5.74) is 0.842. The minimum absolute atomic E-state index is 0.0135. The van der Waals surface area contributed by atoms with Crippen molar-refractivity contribution >= 4 is 23.2 Å². The second kappa shape index (κ2) is 6.91. The van der Waals surface area contributed by atoms with Gasteiger partial charge in [-0.15, -0.1) is 11.3 Å². The number of thiophene rings is 1. The van der Waals surface area contributed by atoms with E-state index in [9.17, 15) is 9.59 Å². The van der Waals surface area contributed by atoms with Crippen LogP contribution in [0.3, 0.4) is 0 Å². The van der Waals surface area contributed by atoms with E-state index in [0.717, 1.165) is 10.6 Å². The van der Waals surface area contributed by atoms with Gasteiger partial charge in [-0.3, -0.25) is 14.6 Å². The van der Waals surface area contributed by atoms with Gasteiger partial charge in [0.05, 0.1) is 24.2 Å². The molecule has 0 aromatic carbocycles. The van der Waals surface area contributed by atoms with Crippen molar-refractivity contribution in [1.29, 1.82) is 0 Å². The van der Waals surface area contributed by atoms with Crippen LogP contribution in [0.1, 0.15) is 30.0 Å². The fourth-order valence-corrected chi connectivity index (χ4v) is 3.46. The minimum Gasteiger partial charge on any atom is -0.348 e. The van der Waals surface area contributed by atoms with E-state index in [1.807, 2.05) is 42.6 Å². The highest BCUT2D eigenvalue weighted by Crippen LogP contribution is 2.23. The zero-order valence-electron chi connectivity index (χ0n) is 12.9. The van der Waals surface area contributed by atoms with Gasteiger partial charge in [0.1, 0.15) is 0 Å². The van der Waals surface area contributed by atoms with Crippen molar-refractivity contribution in [2.24, 2.45) is 5.92 Å². The monoisotopic (exact) mass is 329 g/mol. The lowest BCUT2D eigenvalue weighted by Crippen LogP contribution is -2.34. The molecule has 120 valence electrons. The maximum absolute atomic E-state index is 12.4. The molecule has 2 atom stereocenters. The highest BCUT2D eigenvalue weighted by molar-refractivity contribution is 7.10. The van der Waals surface area contributed by atoms with Gasteiger partial charge in [-0.1, -0.05) is 12.1 Å². The Kier molecular flexibility index (Phi) is 4.71. The molecule has 0 saturated carbocycles. The van der Waals surface area contributed by atoms with Gasteiger partial charge in [-0.25, -0.2) is 0 Å². The number of hydrogen-bond acceptors (Lipinski definition) is 4. The topological polar surface area (TPSA) is 62.3 Å². The quantitative estimate of drug-likeness (QED) is 0.916. The summed E-state index contributed by atoms with van der Waals surface area (Å²) in [6, 6.07) is 9.58. The first-order chi connectivity index (χ1) is 11.1. The number of carbonyl (C=O) groups excluding carboxylic acids is 2. The molecule has 6 heteroatoms. The van der Waals surface area contributed by atoms with E-state index in [1.165, 1.54) is 0 Å². The van der Waals surface area contributed by atoms with Crippen LogP contribution in [0.4, 0.5) is 0 Å². The van der Waals surface area contributed by atoms with Crippen molar-refractivity contribution in [3.8, 4) is 0 Å². The lowest BCUT2D eigenvalue weighted by atomic mass is 10.1. The highest BCUT2D eigenvalue weighted by atomic mass is 32.1. The van der Waals surface area contributed by atoms with Gasteiger partial charge >= 0.3 is 0 Å². The molecule has 0 spiro atoms. The maximum atomic E-state index is 12.4. The first-order valence-corrected chi connectivity index (χ1v) is 8.53. The zero-order valence-corrected chi connectivity index (χ0v) is 13.8. The lowest BCUT2D eigenvalue weighted by molar-refractivity contribution is -0.129. The molecule has 3 heterocycles. The summed E-state index contributed by atoms with van der Waals surface area (Å²) in [5.74, 6) is -0.323. The molecule has 1 aliphatic rings. The van der Waals surface area contributed by atoms with E-state index in [2.05, 4.69) is 10.3 Å². The Morgan fingerprint density at radius 3 is 3.00 bits per heavy atom. The number of rotatable bonds is 5. The van der Waals surface area contributed by atoms with E-state index >= 15 is 0 Å². The van der Waals surface area contributed by atoms with Crippen molar-refractivity contribution in [3.05, 3.63) is 52.5 Å². The average molecular weight is 329 g/mol. The molecular weight excluding hydrogens is 310 g/mol. The molecule has 0 bridgehead atoms. The molecule has 2 aromatic heterocycles. The SMILES string of the molecule is C[C@@H](NC(=O)[C@H]1CC(=O)N(Cc2ccccn2)C1)c1cccs1. The number of likely N-dealkylation sites (tertiary alicyclic amines) is 1. The predicted molar refractivity (Wildman–Crippen MR) is 88.6 cm³/mol. The van der Waals surface area contributed by atoms with E-state index in [1.54, 1.807) is 22.4 Å². The summed E-state index contributed by atoms with van der Waals surface area (Å²) in [7, 11) is 0. The Bertz CT molecular complexity index is 672. The first kappa shape index (κ1) is 15.7.